The molecule has 2 aromatic heterocycles. The molecule has 1 N–H and O–H groups in total. The molecule has 2 atom stereocenters. The minimum Gasteiger partial charge on any atom is -0.341 e. The second kappa shape index (κ2) is 6.63. The van der Waals surface area contributed by atoms with Gasteiger partial charge in [-0.3, -0.25) is 4.79 Å². The van der Waals surface area contributed by atoms with Crippen molar-refractivity contribution in [3.63, 3.8) is 0 Å². The van der Waals surface area contributed by atoms with Crippen molar-refractivity contribution in [3.8, 4) is 0 Å². The molecule has 3 heterocycles. The smallest absolute Gasteiger partial charge is 0.233 e. The zero-order chi connectivity index (χ0) is 17.4. The van der Waals surface area contributed by atoms with E-state index in [-0.39, 0.29) is 5.91 Å². The van der Waals surface area contributed by atoms with Crippen LogP contribution in [0.25, 0.3) is 22.1 Å². The van der Waals surface area contributed by atoms with Gasteiger partial charge in [-0.2, -0.15) is 0 Å². The summed E-state index contributed by atoms with van der Waals surface area (Å²) in [6.45, 7) is 6.12. The molecule has 0 spiro atoms. The molecule has 25 heavy (non-hydrogen) atoms. The number of para-hydroxylation sites is 1. The van der Waals surface area contributed by atoms with Crippen LogP contribution in [0, 0.1) is 11.8 Å². The number of amides is 1. The van der Waals surface area contributed by atoms with Crippen LogP contribution in [-0.4, -0.2) is 49.8 Å². The summed E-state index contributed by atoms with van der Waals surface area (Å²) in [5.74, 6) is 1.65. The van der Waals surface area contributed by atoms with Crippen molar-refractivity contribution in [2.24, 2.45) is 11.8 Å². The molecule has 0 saturated carbocycles. The minimum absolute atomic E-state index is 0.156. The SMILES string of the molecule is C[C@@H]1C[C@H](C)CN(C(=O)CSc2nnc3c(n2)[nH]c2ccccc23)C1. The largest absolute Gasteiger partial charge is 0.341 e. The average molecular weight is 355 g/mol. The molecule has 0 bridgehead atoms. The number of thioether (sulfide) groups is 1. The summed E-state index contributed by atoms with van der Waals surface area (Å²) in [6.07, 6.45) is 1.20. The summed E-state index contributed by atoms with van der Waals surface area (Å²) >= 11 is 1.35. The van der Waals surface area contributed by atoms with E-state index in [0.29, 0.717) is 28.4 Å². The minimum atomic E-state index is 0.156. The first-order valence-corrected chi connectivity index (χ1v) is 9.60. The summed E-state index contributed by atoms with van der Waals surface area (Å²) < 4.78 is 0. The lowest BCUT2D eigenvalue weighted by molar-refractivity contribution is -0.130. The van der Waals surface area contributed by atoms with Gasteiger partial charge in [0.1, 0.15) is 5.52 Å². The first kappa shape index (κ1) is 16.3. The van der Waals surface area contributed by atoms with E-state index in [1.807, 2.05) is 29.2 Å². The van der Waals surface area contributed by atoms with Gasteiger partial charge in [0.25, 0.3) is 0 Å². The Morgan fingerprint density at radius 1 is 1.24 bits per heavy atom. The summed E-state index contributed by atoms with van der Waals surface area (Å²) in [7, 11) is 0. The number of hydrogen-bond donors (Lipinski definition) is 1. The van der Waals surface area contributed by atoms with Crippen molar-refractivity contribution in [2.75, 3.05) is 18.8 Å². The lowest BCUT2D eigenvalue weighted by Crippen LogP contribution is -2.43. The highest BCUT2D eigenvalue weighted by Gasteiger charge is 2.25. The van der Waals surface area contributed by atoms with E-state index < -0.39 is 0 Å². The molecular weight excluding hydrogens is 334 g/mol. The Labute approximate surface area is 150 Å². The number of rotatable bonds is 3. The van der Waals surface area contributed by atoms with E-state index in [4.69, 9.17) is 0 Å². The summed E-state index contributed by atoms with van der Waals surface area (Å²) in [5, 5.41) is 10.0. The van der Waals surface area contributed by atoms with Crippen LogP contribution < -0.4 is 0 Å². The van der Waals surface area contributed by atoms with Gasteiger partial charge in [-0.1, -0.05) is 43.8 Å². The molecule has 1 saturated heterocycles. The normalized spacial score (nSPS) is 21.1. The van der Waals surface area contributed by atoms with Crippen LogP contribution in [0.4, 0.5) is 0 Å². The fraction of sp³-hybridized carbons (Fsp3) is 0.444. The van der Waals surface area contributed by atoms with Crippen molar-refractivity contribution >= 4 is 39.7 Å². The van der Waals surface area contributed by atoms with Gasteiger partial charge in [0.2, 0.25) is 11.1 Å². The van der Waals surface area contributed by atoms with Crippen LogP contribution in [0.1, 0.15) is 20.3 Å². The van der Waals surface area contributed by atoms with E-state index in [1.165, 1.54) is 18.2 Å². The second-order valence-corrected chi connectivity index (χ2v) is 7.94. The quantitative estimate of drug-likeness (QED) is 0.731. The Balaban J connectivity index is 1.47. The number of nitrogens with zero attached hydrogens (tertiary/aromatic N) is 4. The number of carbonyl (C=O) groups is 1. The first-order valence-electron chi connectivity index (χ1n) is 8.62. The van der Waals surface area contributed by atoms with E-state index in [0.717, 1.165) is 29.5 Å². The van der Waals surface area contributed by atoms with E-state index in [2.05, 4.69) is 34.0 Å². The Hall–Kier alpha value is -2.15. The number of aromatic amines is 1. The molecule has 1 aromatic carbocycles. The lowest BCUT2D eigenvalue weighted by Gasteiger charge is -2.34. The van der Waals surface area contributed by atoms with Crippen LogP contribution in [-0.2, 0) is 4.79 Å². The number of H-pyrrole nitrogens is 1. The summed E-state index contributed by atoms with van der Waals surface area (Å²) in [4.78, 5) is 22.2. The number of nitrogens with one attached hydrogen (secondary N) is 1. The third-order valence-electron chi connectivity index (χ3n) is 4.65. The van der Waals surface area contributed by atoms with Crippen molar-refractivity contribution in [2.45, 2.75) is 25.4 Å². The van der Waals surface area contributed by atoms with Gasteiger partial charge in [-0.15, -0.1) is 10.2 Å². The summed E-state index contributed by atoms with van der Waals surface area (Å²) in [6, 6.07) is 7.94. The predicted molar refractivity (Wildman–Crippen MR) is 99.4 cm³/mol. The van der Waals surface area contributed by atoms with Gasteiger partial charge in [-0.25, -0.2) is 4.98 Å². The molecule has 0 unspecified atom stereocenters. The highest BCUT2D eigenvalue weighted by Crippen LogP contribution is 2.25. The molecule has 1 aliphatic rings. The standard InChI is InChI=1S/C18H21N5OS/c1-11-7-12(2)9-23(8-11)15(24)10-25-18-20-17-16(21-22-18)13-5-3-4-6-14(13)19-17/h3-6,11-12H,7-10H2,1-2H3,(H,19,20,22)/t11-,12+. The maximum atomic E-state index is 12.5. The molecule has 4 rings (SSSR count). The topological polar surface area (TPSA) is 74.8 Å². The molecule has 3 aromatic rings. The molecule has 0 aliphatic carbocycles. The fourth-order valence-corrected chi connectivity index (χ4v) is 4.34. The van der Waals surface area contributed by atoms with Gasteiger partial charge in [0.05, 0.1) is 5.75 Å². The Kier molecular flexibility index (Phi) is 4.33. The molecule has 1 fully saturated rings. The highest BCUT2D eigenvalue weighted by atomic mass is 32.2. The van der Waals surface area contributed by atoms with Gasteiger partial charge in [-0.05, 0) is 24.3 Å². The van der Waals surface area contributed by atoms with Gasteiger partial charge in [0, 0.05) is 24.0 Å². The number of hydrogen-bond acceptors (Lipinski definition) is 5. The van der Waals surface area contributed by atoms with Crippen LogP contribution in [0.2, 0.25) is 0 Å². The number of fused-ring (bicyclic) bond motifs is 3. The lowest BCUT2D eigenvalue weighted by atomic mass is 9.92. The Morgan fingerprint density at radius 3 is 2.80 bits per heavy atom. The number of piperidine rings is 1. The van der Waals surface area contributed by atoms with Crippen molar-refractivity contribution in [1.29, 1.82) is 0 Å². The maximum Gasteiger partial charge on any atom is 0.233 e. The zero-order valence-electron chi connectivity index (χ0n) is 14.4. The van der Waals surface area contributed by atoms with Crippen molar-refractivity contribution in [3.05, 3.63) is 24.3 Å². The fourth-order valence-electron chi connectivity index (χ4n) is 3.65. The van der Waals surface area contributed by atoms with E-state index in [1.54, 1.807) is 0 Å². The third kappa shape index (κ3) is 3.33. The third-order valence-corrected chi connectivity index (χ3v) is 5.47. The highest BCUT2D eigenvalue weighted by molar-refractivity contribution is 7.99. The van der Waals surface area contributed by atoms with Crippen molar-refractivity contribution in [1.82, 2.24) is 25.1 Å². The summed E-state index contributed by atoms with van der Waals surface area (Å²) in [5.41, 5.74) is 2.48. The van der Waals surface area contributed by atoms with Gasteiger partial charge >= 0.3 is 0 Å². The van der Waals surface area contributed by atoms with E-state index in [9.17, 15) is 4.79 Å². The monoisotopic (exact) mass is 355 g/mol. The second-order valence-electron chi connectivity index (χ2n) is 7.00. The average Bonchev–Trinajstić information content (AvgIpc) is 2.96. The molecule has 6 nitrogen and oxygen atoms in total. The molecule has 7 heteroatoms. The van der Waals surface area contributed by atoms with Gasteiger partial charge in [0.15, 0.2) is 5.65 Å². The maximum absolute atomic E-state index is 12.5. The number of likely N-dealkylation sites (tertiary alicyclic amines) is 1. The molecule has 1 aliphatic heterocycles. The predicted octanol–water partition coefficient (Wildman–Crippen LogP) is 3.10. The number of benzene rings is 1. The molecule has 1 amide bonds. The first-order chi connectivity index (χ1) is 12.1. The van der Waals surface area contributed by atoms with Crippen LogP contribution in [0.3, 0.4) is 0 Å². The Morgan fingerprint density at radius 2 is 2.00 bits per heavy atom. The zero-order valence-corrected chi connectivity index (χ0v) is 15.2. The Bertz CT molecular complexity index is 914. The molecular formula is C18H21N5OS. The molecule has 0 radical (unpaired) electrons. The van der Waals surface area contributed by atoms with Crippen LogP contribution in [0.15, 0.2) is 29.4 Å². The molecule has 130 valence electrons. The van der Waals surface area contributed by atoms with E-state index >= 15 is 0 Å². The number of carbonyl (C=O) groups excluding carboxylic acids is 1. The van der Waals surface area contributed by atoms with Gasteiger partial charge < -0.3 is 9.88 Å². The number of aromatic nitrogens is 4. The van der Waals surface area contributed by atoms with Crippen LogP contribution in [0.5, 0.6) is 0 Å². The van der Waals surface area contributed by atoms with Crippen LogP contribution >= 0.6 is 11.8 Å². The van der Waals surface area contributed by atoms with Crippen molar-refractivity contribution < 1.29 is 4.79 Å².